The van der Waals surface area contributed by atoms with Crippen LogP contribution >= 0.6 is 0 Å². The average Bonchev–Trinajstić information content (AvgIpc) is 2.82. The summed E-state index contributed by atoms with van der Waals surface area (Å²) in [5.74, 6) is -1.77. The van der Waals surface area contributed by atoms with Crippen molar-refractivity contribution in [3.63, 3.8) is 0 Å². The Hall–Kier alpha value is -2.48. The molecule has 2 rings (SSSR count). The molecular formula is C13H13NO6S. The number of benzene rings is 1. The average molecular weight is 311 g/mol. The van der Waals surface area contributed by atoms with Gasteiger partial charge < -0.3 is 14.6 Å². The Morgan fingerprint density at radius 2 is 1.81 bits per heavy atom. The van der Waals surface area contributed by atoms with Gasteiger partial charge in [0.2, 0.25) is 5.76 Å². The number of hydrogen-bond acceptors (Lipinski definition) is 5. The fourth-order valence-corrected chi connectivity index (χ4v) is 3.13. The van der Waals surface area contributed by atoms with Crippen LogP contribution < -0.4 is 4.31 Å². The van der Waals surface area contributed by atoms with Crippen LogP contribution in [0, 0.1) is 6.92 Å². The second-order valence-electron chi connectivity index (χ2n) is 4.33. The van der Waals surface area contributed by atoms with E-state index in [-0.39, 0.29) is 16.4 Å². The Bertz CT molecular complexity index is 775. The summed E-state index contributed by atoms with van der Waals surface area (Å²) < 4.78 is 30.9. The molecule has 1 aromatic heterocycles. The van der Waals surface area contributed by atoms with Gasteiger partial charge in [0.05, 0.1) is 5.69 Å². The maximum Gasteiger partial charge on any atom is 0.371 e. The molecule has 0 fully saturated rings. The van der Waals surface area contributed by atoms with Gasteiger partial charge in [-0.2, -0.15) is 0 Å². The van der Waals surface area contributed by atoms with Crippen molar-refractivity contribution in [2.75, 3.05) is 11.4 Å². The summed E-state index contributed by atoms with van der Waals surface area (Å²) >= 11 is 0. The lowest BCUT2D eigenvalue weighted by atomic mass is 10.3. The molecule has 1 heterocycles. The van der Waals surface area contributed by atoms with E-state index >= 15 is 0 Å². The number of aromatic hydroxyl groups is 1. The van der Waals surface area contributed by atoms with Gasteiger partial charge in [-0.15, -0.1) is 0 Å². The number of phenolic OH excluding ortho intramolecular Hbond substituents is 1. The quantitative estimate of drug-likeness (QED) is 0.891. The number of aromatic carboxylic acids is 1. The molecule has 0 aliphatic heterocycles. The molecule has 0 radical (unpaired) electrons. The zero-order valence-corrected chi connectivity index (χ0v) is 12.1. The highest BCUT2D eigenvalue weighted by Gasteiger charge is 2.28. The van der Waals surface area contributed by atoms with Crippen molar-refractivity contribution in [1.29, 1.82) is 0 Å². The van der Waals surface area contributed by atoms with Crippen LogP contribution in [0.5, 0.6) is 5.75 Å². The fourth-order valence-electron chi connectivity index (χ4n) is 1.78. The molecule has 0 unspecified atom stereocenters. The van der Waals surface area contributed by atoms with Crippen molar-refractivity contribution < 1.29 is 27.8 Å². The third kappa shape index (κ3) is 2.70. The van der Waals surface area contributed by atoms with E-state index in [1.807, 2.05) is 0 Å². The second kappa shape index (κ2) is 5.13. The Balaban J connectivity index is 2.46. The highest BCUT2D eigenvalue weighted by atomic mass is 32.2. The number of carbonyl (C=O) groups is 1. The molecule has 0 bridgehead atoms. The molecule has 0 aliphatic carbocycles. The normalized spacial score (nSPS) is 11.3. The Labute approximate surface area is 121 Å². The second-order valence-corrected chi connectivity index (χ2v) is 6.26. The molecule has 112 valence electrons. The Morgan fingerprint density at radius 1 is 1.24 bits per heavy atom. The van der Waals surface area contributed by atoms with Crippen LogP contribution in [0.25, 0.3) is 0 Å². The highest BCUT2D eigenvalue weighted by Crippen LogP contribution is 2.27. The number of phenols is 1. The van der Waals surface area contributed by atoms with E-state index in [2.05, 4.69) is 0 Å². The van der Waals surface area contributed by atoms with E-state index in [1.54, 1.807) is 0 Å². The van der Waals surface area contributed by atoms with Crippen LogP contribution in [0.3, 0.4) is 0 Å². The van der Waals surface area contributed by atoms with Gasteiger partial charge in [0.1, 0.15) is 16.4 Å². The van der Waals surface area contributed by atoms with Crippen molar-refractivity contribution >= 4 is 21.7 Å². The predicted octanol–water partition coefficient (Wildman–Crippen LogP) is 1.82. The summed E-state index contributed by atoms with van der Waals surface area (Å²) in [6, 6.07) is 6.54. The van der Waals surface area contributed by atoms with Crippen LogP contribution in [-0.2, 0) is 10.0 Å². The number of rotatable bonds is 4. The number of carboxylic acids is 1. The summed E-state index contributed by atoms with van der Waals surface area (Å²) in [5, 5.41) is 18.1. The highest BCUT2D eigenvalue weighted by molar-refractivity contribution is 7.92. The number of hydrogen-bond donors (Lipinski definition) is 2. The van der Waals surface area contributed by atoms with Crippen molar-refractivity contribution in [3.05, 3.63) is 41.9 Å². The molecule has 0 spiro atoms. The minimum Gasteiger partial charge on any atom is -0.508 e. The lowest BCUT2D eigenvalue weighted by Crippen LogP contribution is -2.26. The van der Waals surface area contributed by atoms with Crippen LogP contribution in [0.15, 0.2) is 39.6 Å². The van der Waals surface area contributed by atoms with Gasteiger partial charge in [-0.3, -0.25) is 4.31 Å². The predicted molar refractivity (Wildman–Crippen MR) is 74.1 cm³/mol. The Kier molecular flexibility index (Phi) is 3.65. The summed E-state index contributed by atoms with van der Waals surface area (Å²) in [4.78, 5) is 10.6. The van der Waals surface area contributed by atoms with Gasteiger partial charge in [-0.05, 0) is 31.2 Å². The maximum atomic E-state index is 12.5. The molecular weight excluding hydrogens is 298 g/mol. The first-order valence-electron chi connectivity index (χ1n) is 5.85. The molecule has 0 saturated carbocycles. The summed E-state index contributed by atoms with van der Waals surface area (Å²) in [6.45, 7) is 1.38. The molecule has 0 atom stereocenters. The summed E-state index contributed by atoms with van der Waals surface area (Å²) in [6.07, 6.45) is 0. The van der Waals surface area contributed by atoms with Crippen LogP contribution in [0.1, 0.15) is 16.3 Å². The van der Waals surface area contributed by atoms with Crippen LogP contribution in [0.2, 0.25) is 0 Å². The lowest BCUT2D eigenvalue weighted by molar-refractivity contribution is 0.0661. The first-order valence-corrected chi connectivity index (χ1v) is 7.29. The molecule has 7 nitrogen and oxygen atoms in total. The summed E-state index contributed by atoms with van der Waals surface area (Å²) in [7, 11) is -2.63. The lowest BCUT2D eigenvalue weighted by Gasteiger charge is -2.18. The Morgan fingerprint density at radius 3 is 2.29 bits per heavy atom. The molecule has 8 heteroatoms. The van der Waals surface area contributed by atoms with E-state index < -0.39 is 21.8 Å². The zero-order chi connectivity index (χ0) is 15.8. The van der Waals surface area contributed by atoms with Gasteiger partial charge in [-0.1, -0.05) is 0 Å². The standard InChI is InChI=1S/C13H13NO6S/c1-8-12(7-11(20-8)13(16)17)21(18,19)14(2)9-3-5-10(15)6-4-9/h3-7,15H,1-2H3,(H,16,17). The minimum atomic E-state index is -3.95. The van der Waals surface area contributed by atoms with Crippen LogP contribution in [0.4, 0.5) is 5.69 Å². The van der Waals surface area contributed by atoms with Gasteiger partial charge >= 0.3 is 5.97 Å². The number of carboxylic acid groups (broad SMARTS) is 1. The topological polar surface area (TPSA) is 108 Å². The van der Waals surface area contributed by atoms with E-state index in [0.717, 1.165) is 10.4 Å². The van der Waals surface area contributed by atoms with Gasteiger partial charge in [-0.25, -0.2) is 13.2 Å². The number of sulfonamides is 1. The molecule has 1 aromatic carbocycles. The zero-order valence-electron chi connectivity index (χ0n) is 11.3. The molecule has 0 saturated heterocycles. The molecule has 21 heavy (non-hydrogen) atoms. The molecule has 2 N–H and O–H groups in total. The summed E-state index contributed by atoms with van der Waals surface area (Å²) in [5.41, 5.74) is 0.324. The molecule has 2 aromatic rings. The van der Waals surface area contributed by atoms with Gasteiger partial charge in [0.15, 0.2) is 0 Å². The third-order valence-corrected chi connectivity index (χ3v) is 4.83. The number of furan rings is 1. The van der Waals surface area contributed by atoms with Crippen molar-refractivity contribution in [2.45, 2.75) is 11.8 Å². The molecule has 0 amide bonds. The number of anilines is 1. The third-order valence-electron chi connectivity index (χ3n) is 2.93. The van der Waals surface area contributed by atoms with E-state index in [1.165, 1.54) is 38.2 Å². The van der Waals surface area contributed by atoms with Gasteiger partial charge in [0, 0.05) is 13.1 Å². The largest absolute Gasteiger partial charge is 0.508 e. The van der Waals surface area contributed by atoms with E-state index in [9.17, 15) is 18.3 Å². The first kappa shape index (κ1) is 14.9. The van der Waals surface area contributed by atoms with Crippen molar-refractivity contribution in [3.8, 4) is 5.75 Å². The van der Waals surface area contributed by atoms with E-state index in [4.69, 9.17) is 9.52 Å². The number of nitrogens with zero attached hydrogens (tertiary/aromatic N) is 1. The smallest absolute Gasteiger partial charge is 0.371 e. The fraction of sp³-hybridized carbons (Fsp3) is 0.154. The van der Waals surface area contributed by atoms with Crippen LogP contribution in [-0.4, -0.2) is 31.6 Å². The maximum absolute atomic E-state index is 12.5. The minimum absolute atomic E-state index is 0.00183. The molecule has 0 aliphatic rings. The van der Waals surface area contributed by atoms with E-state index in [0.29, 0.717) is 5.69 Å². The van der Waals surface area contributed by atoms with Crippen molar-refractivity contribution in [2.24, 2.45) is 0 Å². The van der Waals surface area contributed by atoms with Gasteiger partial charge in [0.25, 0.3) is 10.0 Å². The van der Waals surface area contributed by atoms with Crippen molar-refractivity contribution in [1.82, 2.24) is 0 Å². The number of aryl methyl sites for hydroxylation is 1. The monoisotopic (exact) mass is 311 g/mol. The SMILES string of the molecule is Cc1oc(C(=O)O)cc1S(=O)(=O)N(C)c1ccc(O)cc1. The first-order chi connectivity index (χ1) is 9.73.